The van der Waals surface area contributed by atoms with Gasteiger partial charge in [0.1, 0.15) is 5.82 Å². The van der Waals surface area contributed by atoms with Gasteiger partial charge in [0.15, 0.2) is 0 Å². The van der Waals surface area contributed by atoms with Crippen LogP contribution < -0.4 is 5.73 Å². The quantitative estimate of drug-likeness (QED) is 0.933. The van der Waals surface area contributed by atoms with Crippen LogP contribution in [0.15, 0.2) is 47.4 Å². The molecule has 19 heavy (non-hydrogen) atoms. The number of hydrogen-bond donors (Lipinski definition) is 1. The molecule has 4 heteroatoms. The molecule has 1 unspecified atom stereocenters. The molecule has 2 nitrogen and oxygen atoms in total. The zero-order valence-electron chi connectivity index (χ0n) is 10.7. The highest BCUT2D eigenvalue weighted by Crippen LogP contribution is 2.17. The van der Waals surface area contributed by atoms with Crippen LogP contribution >= 0.6 is 0 Å². The Labute approximate surface area is 114 Å². The van der Waals surface area contributed by atoms with Crippen LogP contribution in [0.25, 0.3) is 0 Å². The van der Waals surface area contributed by atoms with Crippen molar-refractivity contribution in [1.29, 1.82) is 0 Å². The van der Waals surface area contributed by atoms with Crippen LogP contribution in [-0.2, 0) is 23.1 Å². The molecule has 2 rings (SSSR count). The summed E-state index contributed by atoms with van der Waals surface area (Å²) in [4.78, 5) is 0.748. The number of hydrogen-bond acceptors (Lipinski definition) is 2. The first kappa shape index (κ1) is 13.9. The topological polar surface area (TPSA) is 43.1 Å². The second kappa shape index (κ2) is 6.08. The highest BCUT2D eigenvalue weighted by molar-refractivity contribution is 7.84. The van der Waals surface area contributed by atoms with Gasteiger partial charge in [-0.3, -0.25) is 4.21 Å². The normalized spacial score (nSPS) is 12.4. The van der Waals surface area contributed by atoms with Gasteiger partial charge in [-0.2, -0.15) is 0 Å². The van der Waals surface area contributed by atoms with Crippen LogP contribution in [0.3, 0.4) is 0 Å². The lowest BCUT2D eigenvalue weighted by atomic mass is 10.1. The third kappa shape index (κ3) is 3.49. The van der Waals surface area contributed by atoms with Gasteiger partial charge >= 0.3 is 0 Å². The predicted octanol–water partition coefficient (Wildman–Crippen LogP) is 2.90. The molecule has 0 fully saturated rings. The van der Waals surface area contributed by atoms with Crippen LogP contribution in [0.4, 0.5) is 4.39 Å². The molecule has 0 amide bonds. The Hall–Kier alpha value is -1.52. The van der Waals surface area contributed by atoms with Crippen LogP contribution in [-0.4, -0.2) is 4.21 Å². The molecule has 0 aromatic heterocycles. The van der Waals surface area contributed by atoms with Crippen molar-refractivity contribution < 1.29 is 8.60 Å². The van der Waals surface area contributed by atoms with E-state index in [9.17, 15) is 8.60 Å². The lowest BCUT2D eigenvalue weighted by molar-refractivity contribution is 0.625. The zero-order chi connectivity index (χ0) is 13.8. The minimum atomic E-state index is -1.19. The predicted molar refractivity (Wildman–Crippen MR) is 75.6 cm³/mol. The average Bonchev–Trinajstić information content (AvgIpc) is 2.39. The van der Waals surface area contributed by atoms with Crippen molar-refractivity contribution in [2.75, 3.05) is 0 Å². The van der Waals surface area contributed by atoms with Crippen molar-refractivity contribution in [3.63, 3.8) is 0 Å². The fourth-order valence-corrected chi connectivity index (χ4v) is 3.00. The van der Waals surface area contributed by atoms with Gasteiger partial charge < -0.3 is 5.73 Å². The average molecular weight is 277 g/mol. The number of aryl methyl sites for hydroxylation is 1. The third-order valence-corrected chi connectivity index (χ3v) is 4.33. The molecular weight excluding hydrogens is 261 g/mol. The maximum absolute atomic E-state index is 13.2. The van der Waals surface area contributed by atoms with E-state index in [-0.39, 0.29) is 11.6 Å². The molecule has 0 radical (unpaired) electrons. The van der Waals surface area contributed by atoms with Gasteiger partial charge in [0.05, 0.1) is 16.6 Å². The maximum atomic E-state index is 13.2. The van der Waals surface area contributed by atoms with Crippen molar-refractivity contribution in [2.45, 2.75) is 24.1 Å². The Morgan fingerprint density at radius 3 is 2.42 bits per heavy atom. The van der Waals surface area contributed by atoms with Gasteiger partial charge in [-0.15, -0.1) is 0 Å². The van der Waals surface area contributed by atoms with Crippen molar-refractivity contribution in [1.82, 2.24) is 0 Å². The Balaban J connectivity index is 2.23. The van der Waals surface area contributed by atoms with Gasteiger partial charge in [0, 0.05) is 11.4 Å². The Morgan fingerprint density at radius 2 is 1.79 bits per heavy atom. The molecule has 0 saturated heterocycles. The Kier molecular flexibility index (Phi) is 4.45. The maximum Gasteiger partial charge on any atom is 0.123 e. The van der Waals surface area contributed by atoms with Gasteiger partial charge in [0.2, 0.25) is 0 Å². The summed E-state index contributed by atoms with van der Waals surface area (Å²) in [6, 6.07) is 12.0. The van der Waals surface area contributed by atoms with E-state index in [0.717, 1.165) is 16.0 Å². The smallest absolute Gasteiger partial charge is 0.123 e. The fraction of sp³-hybridized carbons (Fsp3) is 0.200. The standard InChI is InChI=1S/C15H16FNOS/c1-11-2-6-15(7-3-11)19(18)10-13-8-14(16)5-4-12(13)9-17/h2-8H,9-10,17H2,1H3. The van der Waals surface area contributed by atoms with Gasteiger partial charge in [0.25, 0.3) is 0 Å². The lowest BCUT2D eigenvalue weighted by Gasteiger charge is -2.08. The number of halogens is 1. The summed E-state index contributed by atoms with van der Waals surface area (Å²) in [6.45, 7) is 2.30. The molecule has 2 N–H and O–H groups in total. The van der Waals surface area contributed by atoms with Gasteiger partial charge in [-0.1, -0.05) is 23.8 Å². The molecular formula is C15H16FNOS. The van der Waals surface area contributed by atoms with Crippen LogP contribution in [0.2, 0.25) is 0 Å². The van der Waals surface area contributed by atoms with Crippen LogP contribution in [0, 0.1) is 12.7 Å². The second-order valence-electron chi connectivity index (χ2n) is 4.42. The summed E-state index contributed by atoms with van der Waals surface area (Å²) in [7, 11) is -1.19. The number of nitrogens with two attached hydrogens (primary N) is 1. The number of rotatable bonds is 4. The molecule has 2 aromatic carbocycles. The molecule has 0 spiro atoms. The summed E-state index contributed by atoms with van der Waals surface area (Å²) in [5.74, 6) is -0.0408. The van der Waals surface area contributed by atoms with E-state index in [2.05, 4.69) is 0 Å². The van der Waals surface area contributed by atoms with E-state index in [0.29, 0.717) is 12.1 Å². The van der Waals surface area contributed by atoms with E-state index in [1.54, 1.807) is 6.07 Å². The van der Waals surface area contributed by atoms with E-state index < -0.39 is 10.8 Å². The summed E-state index contributed by atoms with van der Waals surface area (Å²) >= 11 is 0. The summed E-state index contributed by atoms with van der Waals surface area (Å²) in [5, 5.41) is 0. The van der Waals surface area contributed by atoms with E-state index in [4.69, 9.17) is 5.73 Å². The fourth-order valence-electron chi connectivity index (χ4n) is 1.84. The SMILES string of the molecule is Cc1ccc(S(=O)Cc2cc(F)ccc2CN)cc1. The van der Waals surface area contributed by atoms with Crippen molar-refractivity contribution >= 4 is 10.8 Å². The molecule has 100 valence electrons. The minimum Gasteiger partial charge on any atom is -0.326 e. The molecule has 2 aromatic rings. The molecule has 0 aliphatic rings. The second-order valence-corrected chi connectivity index (χ2v) is 5.87. The molecule has 0 heterocycles. The summed E-state index contributed by atoms with van der Waals surface area (Å²) in [5.41, 5.74) is 8.28. The van der Waals surface area contributed by atoms with Crippen LogP contribution in [0.1, 0.15) is 16.7 Å². The van der Waals surface area contributed by atoms with E-state index >= 15 is 0 Å². The lowest BCUT2D eigenvalue weighted by Crippen LogP contribution is -2.05. The molecule has 0 bridgehead atoms. The zero-order valence-corrected chi connectivity index (χ0v) is 11.5. The minimum absolute atomic E-state index is 0.285. The first-order valence-corrected chi connectivity index (χ1v) is 7.34. The molecule has 1 atom stereocenters. The highest BCUT2D eigenvalue weighted by atomic mass is 32.2. The van der Waals surface area contributed by atoms with E-state index in [1.165, 1.54) is 12.1 Å². The largest absolute Gasteiger partial charge is 0.326 e. The molecule has 0 aliphatic heterocycles. The van der Waals surface area contributed by atoms with Crippen LogP contribution in [0.5, 0.6) is 0 Å². The number of benzene rings is 2. The first-order chi connectivity index (χ1) is 9.10. The Bertz CT molecular complexity index is 596. The van der Waals surface area contributed by atoms with Crippen molar-refractivity contribution in [2.24, 2.45) is 5.73 Å². The summed E-state index contributed by atoms with van der Waals surface area (Å²) < 4.78 is 25.5. The third-order valence-electron chi connectivity index (χ3n) is 2.96. The van der Waals surface area contributed by atoms with Crippen molar-refractivity contribution in [3.05, 3.63) is 65.0 Å². The molecule has 0 saturated carbocycles. The van der Waals surface area contributed by atoms with Gasteiger partial charge in [-0.05, 0) is 42.3 Å². The summed E-state index contributed by atoms with van der Waals surface area (Å²) in [6.07, 6.45) is 0. The van der Waals surface area contributed by atoms with Gasteiger partial charge in [-0.25, -0.2) is 4.39 Å². The van der Waals surface area contributed by atoms with E-state index in [1.807, 2.05) is 31.2 Å². The monoisotopic (exact) mass is 277 g/mol. The van der Waals surface area contributed by atoms with Crippen molar-refractivity contribution in [3.8, 4) is 0 Å². The highest BCUT2D eigenvalue weighted by Gasteiger charge is 2.09. The Morgan fingerprint density at radius 1 is 1.11 bits per heavy atom. The molecule has 0 aliphatic carbocycles. The first-order valence-electron chi connectivity index (χ1n) is 6.02.